The van der Waals surface area contributed by atoms with Gasteiger partial charge >= 0.3 is 35.5 Å². The van der Waals surface area contributed by atoms with Crippen LogP contribution in [0, 0.1) is 0 Å². The standard InChI is InChI=1S/C50H54N6O19S2/c1-45(2,3)72-41(63)48(25-57,26-58)75-54-36(31-24-76-43(52-31)53-44(65)74-47(7,8)9)37(59)51-30-23-68-56(39(30)61)49(42(64)73-46(4,5)6)22-32(40(62)71-49)55-38(60)29-20-33-34(21-35(29)77(55,66)67)70-50(69-33,27-16-12-10-13-17-27)28-18-14-11-15-19-28/h10-21,24,30,32,57-58H,22-23,25-26H2,1-9H3,(H,51,59)(H,52,53,65)/b54-36-/t30-,32-,49?/m0/s1. The number of aliphatic hydroxyl groups is 2. The van der Waals surface area contributed by atoms with E-state index in [0.717, 1.165) is 23.5 Å². The van der Waals surface area contributed by atoms with Gasteiger partial charge < -0.3 is 48.8 Å². The molecule has 0 aliphatic carbocycles. The number of fused-ring (bicyclic) bond motifs is 2. The molecule has 4 aliphatic rings. The summed E-state index contributed by atoms with van der Waals surface area (Å²) in [5.74, 6) is -9.67. The summed E-state index contributed by atoms with van der Waals surface area (Å²) in [6.07, 6.45) is -2.01. The minimum atomic E-state index is -4.99. The molecule has 3 aromatic carbocycles. The molecular formula is C50H54N6O19S2. The zero-order valence-electron chi connectivity index (χ0n) is 42.9. The number of benzene rings is 3. The Bertz CT molecular complexity index is 3140. The summed E-state index contributed by atoms with van der Waals surface area (Å²) in [7, 11) is -4.99. The number of nitrogens with zero attached hydrogens (tertiary/aromatic N) is 4. The van der Waals surface area contributed by atoms with Gasteiger partial charge in [-0.1, -0.05) is 65.8 Å². The molecule has 0 radical (unpaired) electrons. The number of amides is 4. The van der Waals surface area contributed by atoms with Crippen molar-refractivity contribution in [1.82, 2.24) is 19.7 Å². The first-order chi connectivity index (χ1) is 36.0. The molecule has 2 saturated heterocycles. The maximum atomic E-state index is 14.6. The van der Waals surface area contributed by atoms with Gasteiger partial charge in [-0.05, 0) is 68.4 Å². The molecule has 5 heterocycles. The molecule has 0 saturated carbocycles. The highest BCUT2D eigenvalue weighted by Gasteiger charge is 2.67. The average Bonchev–Trinajstić information content (AvgIpc) is 4.21. The number of carbonyl (C=O) groups excluding carboxylic acids is 7. The minimum absolute atomic E-state index is 0.0141. The highest BCUT2D eigenvalue weighted by atomic mass is 32.2. The first-order valence-corrected chi connectivity index (χ1v) is 26.0. The smallest absolute Gasteiger partial charge is 0.413 e. The number of carbonyl (C=O) groups is 7. The van der Waals surface area contributed by atoms with Gasteiger partial charge in [0.25, 0.3) is 33.3 Å². The molecular weight excluding hydrogens is 1050 g/mol. The fourth-order valence-corrected chi connectivity index (χ4v) is 10.5. The number of oxime groups is 1. The van der Waals surface area contributed by atoms with Crippen LogP contribution in [-0.4, -0.2) is 140 Å². The summed E-state index contributed by atoms with van der Waals surface area (Å²) in [5.41, 5.74) is -9.50. The molecule has 1 aromatic heterocycles. The predicted octanol–water partition coefficient (Wildman–Crippen LogP) is 3.41. The van der Waals surface area contributed by atoms with Crippen molar-refractivity contribution < 1.29 is 90.3 Å². The predicted molar refractivity (Wildman–Crippen MR) is 265 cm³/mol. The van der Waals surface area contributed by atoms with Crippen LogP contribution >= 0.6 is 11.3 Å². The van der Waals surface area contributed by atoms with Gasteiger partial charge in [-0.2, -0.15) is 5.06 Å². The van der Waals surface area contributed by atoms with Crippen molar-refractivity contribution in [2.75, 3.05) is 25.1 Å². The number of aromatic nitrogens is 1. The molecule has 27 heteroatoms. The number of aliphatic hydroxyl groups excluding tert-OH is 2. The quantitative estimate of drug-likeness (QED) is 0.0608. The van der Waals surface area contributed by atoms with Crippen LogP contribution < -0.4 is 20.1 Å². The number of nitrogens with one attached hydrogen (secondary N) is 2. The van der Waals surface area contributed by atoms with Crippen LogP contribution in [0.25, 0.3) is 0 Å². The molecule has 4 N–H and O–H groups in total. The number of sulfonamides is 1. The van der Waals surface area contributed by atoms with Crippen molar-refractivity contribution in [2.24, 2.45) is 5.16 Å². The molecule has 4 aromatic rings. The molecule has 2 fully saturated rings. The van der Waals surface area contributed by atoms with E-state index < -0.39 is 140 Å². The van der Waals surface area contributed by atoms with E-state index in [-0.39, 0.29) is 31.7 Å². The fourth-order valence-electron chi connectivity index (χ4n) is 8.11. The second kappa shape index (κ2) is 20.0. The zero-order chi connectivity index (χ0) is 56.3. The topological polar surface area (TPSA) is 324 Å². The first-order valence-electron chi connectivity index (χ1n) is 23.6. The lowest BCUT2D eigenvalue weighted by molar-refractivity contribution is -0.263. The molecule has 8 rings (SSSR count). The molecule has 25 nitrogen and oxygen atoms in total. The highest BCUT2D eigenvalue weighted by Crippen LogP contribution is 2.52. The van der Waals surface area contributed by atoms with Crippen molar-refractivity contribution in [2.45, 2.75) is 120 Å². The van der Waals surface area contributed by atoms with E-state index in [9.17, 15) is 52.2 Å². The van der Waals surface area contributed by atoms with E-state index in [2.05, 4.69) is 20.8 Å². The van der Waals surface area contributed by atoms with Crippen molar-refractivity contribution in [3.63, 3.8) is 0 Å². The summed E-state index contributed by atoms with van der Waals surface area (Å²) in [6, 6.07) is 15.9. The van der Waals surface area contributed by atoms with E-state index >= 15 is 0 Å². The van der Waals surface area contributed by atoms with Gasteiger partial charge in [0.15, 0.2) is 28.4 Å². The number of thiazole rings is 1. The van der Waals surface area contributed by atoms with Crippen LogP contribution in [0.1, 0.15) is 95.9 Å². The normalized spacial score (nSPS) is 20.8. The van der Waals surface area contributed by atoms with Crippen LogP contribution in [0.5, 0.6) is 11.5 Å². The Morgan fingerprint density at radius 1 is 0.818 bits per heavy atom. The van der Waals surface area contributed by atoms with Crippen LogP contribution in [0.15, 0.2) is 88.2 Å². The van der Waals surface area contributed by atoms with Gasteiger partial charge in [-0.3, -0.25) is 24.5 Å². The Morgan fingerprint density at radius 2 is 1.39 bits per heavy atom. The third kappa shape index (κ3) is 10.7. The monoisotopic (exact) mass is 1110 g/mol. The lowest BCUT2D eigenvalue weighted by Gasteiger charge is -2.35. The summed E-state index contributed by atoms with van der Waals surface area (Å²) < 4.78 is 64.0. The van der Waals surface area contributed by atoms with Gasteiger partial charge in [0.05, 0.1) is 25.2 Å². The number of hydroxylamine groups is 2. The number of ether oxygens (including phenoxy) is 6. The largest absolute Gasteiger partial charge is 0.457 e. The van der Waals surface area contributed by atoms with Crippen LogP contribution in [0.2, 0.25) is 0 Å². The van der Waals surface area contributed by atoms with E-state index in [1.54, 1.807) is 81.4 Å². The summed E-state index contributed by atoms with van der Waals surface area (Å²) in [4.78, 5) is 112. The number of hydrogen-bond donors (Lipinski definition) is 4. The molecule has 0 bridgehead atoms. The lowest BCUT2D eigenvalue weighted by Crippen LogP contribution is -2.59. The molecule has 3 atom stereocenters. The lowest BCUT2D eigenvalue weighted by atomic mass is 9.97. The number of cyclic esters (lactones) is 1. The van der Waals surface area contributed by atoms with Gasteiger partial charge in [-0.15, -0.1) is 11.3 Å². The molecule has 4 amide bonds. The molecule has 0 spiro atoms. The highest BCUT2D eigenvalue weighted by molar-refractivity contribution is 7.90. The Labute approximate surface area is 444 Å². The van der Waals surface area contributed by atoms with E-state index in [4.69, 9.17) is 38.1 Å². The molecule has 77 heavy (non-hydrogen) atoms. The number of anilines is 1. The molecule has 4 aliphatic heterocycles. The average molecular weight is 1110 g/mol. The number of esters is 3. The Hall–Kier alpha value is -7.72. The molecule has 1 unspecified atom stereocenters. The van der Waals surface area contributed by atoms with Crippen molar-refractivity contribution in [3.8, 4) is 11.5 Å². The number of hydrogen-bond acceptors (Lipinski definition) is 22. The van der Waals surface area contributed by atoms with Gasteiger partial charge in [0, 0.05) is 22.6 Å². The third-order valence-electron chi connectivity index (χ3n) is 11.5. The van der Waals surface area contributed by atoms with Gasteiger partial charge in [-0.25, -0.2) is 36.9 Å². The number of rotatable bonds is 14. The first kappa shape index (κ1) is 55.5. The third-order valence-corrected chi connectivity index (χ3v) is 14.1. The van der Waals surface area contributed by atoms with E-state index in [0.29, 0.717) is 11.1 Å². The van der Waals surface area contributed by atoms with Crippen LogP contribution in [0.3, 0.4) is 0 Å². The maximum absolute atomic E-state index is 14.6. The van der Waals surface area contributed by atoms with Crippen molar-refractivity contribution >= 4 is 73.9 Å². The Kier molecular flexibility index (Phi) is 14.4. The van der Waals surface area contributed by atoms with E-state index in [1.165, 1.54) is 46.9 Å². The minimum Gasteiger partial charge on any atom is -0.457 e. The molecule has 410 valence electrons. The second-order valence-electron chi connectivity index (χ2n) is 20.8. The van der Waals surface area contributed by atoms with Crippen LogP contribution in [-0.2, 0) is 68.4 Å². The fraction of sp³-hybridized carbons (Fsp3) is 0.420. The van der Waals surface area contributed by atoms with Gasteiger partial charge in [0.2, 0.25) is 0 Å². The zero-order valence-corrected chi connectivity index (χ0v) is 44.6. The van der Waals surface area contributed by atoms with Crippen LogP contribution in [0.4, 0.5) is 9.93 Å². The SMILES string of the molecule is CC(C)(C)OC(=O)Nc1nc(/C(=N/OC(CO)(CO)C(=O)OC(C)(C)C)C(=O)N[C@H]2CON(C3(C(=O)OC(C)(C)C)C[C@H](N4C(=O)c5cc6c(cc5S4(=O)=O)OC(c4ccccc4)(c4ccccc4)O6)C(=O)O3)C2=O)cs1. The van der Waals surface area contributed by atoms with Crippen molar-refractivity contribution in [3.05, 3.63) is 101 Å². The summed E-state index contributed by atoms with van der Waals surface area (Å²) in [6.45, 7) is 10.4. The summed E-state index contributed by atoms with van der Waals surface area (Å²) in [5, 5.41) is 30.4. The Balaban J connectivity index is 1.08. The van der Waals surface area contributed by atoms with E-state index in [1.807, 2.05) is 0 Å². The summed E-state index contributed by atoms with van der Waals surface area (Å²) >= 11 is 0.774. The van der Waals surface area contributed by atoms with Gasteiger partial charge in [0.1, 0.15) is 40.0 Å². The maximum Gasteiger partial charge on any atom is 0.413 e. The Morgan fingerprint density at radius 3 is 1.95 bits per heavy atom. The second-order valence-corrected chi connectivity index (χ2v) is 23.5. The van der Waals surface area contributed by atoms with Crippen molar-refractivity contribution in [1.29, 1.82) is 0 Å².